The molecule has 1 N–H and O–H groups in total. The normalized spacial score (nSPS) is 15.0. The Labute approximate surface area is 169 Å². The lowest BCUT2D eigenvalue weighted by Gasteiger charge is -2.17. The average molecular weight is 407 g/mol. The molecule has 0 aliphatic carbocycles. The molecule has 0 radical (unpaired) electrons. The lowest BCUT2D eigenvalue weighted by molar-refractivity contribution is -0.119. The van der Waals surface area contributed by atoms with Crippen LogP contribution in [0.15, 0.2) is 64.6 Å². The first-order valence-electron chi connectivity index (χ1n) is 9.24. The fraction of sp³-hybridized carbons (Fsp3) is 0.182. The maximum atomic E-state index is 12.9. The molecule has 0 saturated carbocycles. The fourth-order valence-corrected chi connectivity index (χ4v) is 5.39. The number of benzene rings is 3. The zero-order valence-corrected chi connectivity index (χ0v) is 17.2. The minimum absolute atomic E-state index is 0.230. The second-order valence-electron chi connectivity index (χ2n) is 7.19. The van der Waals surface area contributed by atoms with Crippen molar-refractivity contribution in [1.82, 2.24) is 5.43 Å². The molecule has 1 aliphatic rings. The Bertz CT molecular complexity index is 1270. The third kappa shape index (κ3) is 3.27. The van der Waals surface area contributed by atoms with Crippen LogP contribution in [0.5, 0.6) is 0 Å². The minimum Gasteiger partial charge on any atom is -0.271 e. The van der Waals surface area contributed by atoms with E-state index in [-0.39, 0.29) is 11.4 Å². The van der Waals surface area contributed by atoms with Gasteiger partial charge < -0.3 is 0 Å². The summed E-state index contributed by atoms with van der Waals surface area (Å²) in [6.07, 6.45) is 0. The molecule has 148 valence electrons. The largest absolute Gasteiger partial charge is 0.271 e. The first-order valence-corrected chi connectivity index (χ1v) is 10.7. The molecule has 0 unspecified atom stereocenters. The molecule has 3 aromatic rings. The van der Waals surface area contributed by atoms with Gasteiger partial charge in [0, 0.05) is 10.9 Å². The van der Waals surface area contributed by atoms with Crippen LogP contribution < -0.4 is 9.73 Å². The summed E-state index contributed by atoms with van der Waals surface area (Å²) >= 11 is 0. The number of carbonyl (C=O) groups is 1. The summed E-state index contributed by atoms with van der Waals surface area (Å²) in [6, 6.07) is 16.5. The summed E-state index contributed by atoms with van der Waals surface area (Å²) in [5, 5.41) is 5.65. The summed E-state index contributed by atoms with van der Waals surface area (Å²) in [5.41, 5.74) is 6.81. The number of sulfonamides is 1. The predicted molar refractivity (Wildman–Crippen MR) is 115 cm³/mol. The standard InChI is InChI=1S/C22H21N3O3S/c1-14-10-11-18(15(2)12-14)16(3)23-24-21(26)13-25-19-8-4-6-17-7-5-9-20(22(17)19)29(25,27)28/h4-12H,13H2,1-3H3,(H,24,26)/b23-16-. The van der Waals surface area contributed by atoms with Gasteiger partial charge in [-0.2, -0.15) is 5.10 Å². The van der Waals surface area contributed by atoms with Gasteiger partial charge in [-0.05, 0) is 43.9 Å². The Balaban J connectivity index is 1.57. The van der Waals surface area contributed by atoms with Gasteiger partial charge in [0.25, 0.3) is 15.9 Å². The van der Waals surface area contributed by atoms with Crippen LogP contribution in [-0.4, -0.2) is 26.6 Å². The van der Waals surface area contributed by atoms with Crippen molar-refractivity contribution in [2.24, 2.45) is 5.10 Å². The topological polar surface area (TPSA) is 78.8 Å². The van der Waals surface area contributed by atoms with E-state index >= 15 is 0 Å². The number of nitrogens with zero attached hydrogens (tertiary/aromatic N) is 2. The average Bonchev–Trinajstić information content (AvgIpc) is 2.89. The number of hydrogen-bond donors (Lipinski definition) is 1. The molecule has 1 heterocycles. The molecule has 0 saturated heterocycles. The minimum atomic E-state index is -3.77. The quantitative estimate of drug-likeness (QED) is 0.531. The molecule has 0 aromatic heterocycles. The van der Waals surface area contributed by atoms with Crippen molar-refractivity contribution in [3.63, 3.8) is 0 Å². The number of aryl methyl sites for hydroxylation is 2. The van der Waals surface area contributed by atoms with Crippen molar-refractivity contribution in [1.29, 1.82) is 0 Å². The van der Waals surface area contributed by atoms with E-state index in [0.29, 0.717) is 16.8 Å². The number of amides is 1. The van der Waals surface area contributed by atoms with E-state index in [1.807, 2.05) is 44.2 Å². The molecule has 1 amide bonds. The van der Waals surface area contributed by atoms with Gasteiger partial charge >= 0.3 is 0 Å². The van der Waals surface area contributed by atoms with Crippen LogP contribution >= 0.6 is 0 Å². The molecule has 6 nitrogen and oxygen atoms in total. The van der Waals surface area contributed by atoms with Crippen LogP contribution in [-0.2, 0) is 14.8 Å². The summed E-state index contributed by atoms with van der Waals surface area (Å²) in [6.45, 7) is 5.47. The van der Waals surface area contributed by atoms with E-state index in [4.69, 9.17) is 0 Å². The van der Waals surface area contributed by atoms with E-state index < -0.39 is 15.9 Å². The van der Waals surface area contributed by atoms with E-state index in [9.17, 15) is 13.2 Å². The van der Waals surface area contributed by atoms with Crippen LogP contribution in [0.3, 0.4) is 0 Å². The number of rotatable bonds is 4. The molecule has 29 heavy (non-hydrogen) atoms. The molecule has 0 fully saturated rings. The summed E-state index contributed by atoms with van der Waals surface area (Å²) < 4.78 is 27.0. The second kappa shape index (κ2) is 7.00. The molecular weight excluding hydrogens is 386 g/mol. The molecule has 7 heteroatoms. The van der Waals surface area contributed by atoms with Crippen molar-refractivity contribution in [3.8, 4) is 0 Å². The van der Waals surface area contributed by atoms with Gasteiger partial charge in [-0.1, -0.05) is 48.0 Å². The summed E-state index contributed by atoms with van der Waals surface area (Å²) in [5.74, 6) is -0.498. The van der Waals surface area contributed by atoms with E-state index in [1.165, 1.54) is 0 Å². The predicted octanol–water partition coefficient (Wildman–Crippen LogP) is 3.51. The molecule has 0 atom stereocenters. The van der Waals surface area contributed by atoms with Crippen molar-refractivity contribution >= 4 is 38.1 Å². The Morgan fingerprint density at radius 2 is 1.79 bits per heavy atom. The Hall–Kier alpha value is -3.19. The molecule has 3 aromatic carbocycles. The lowest BCUT2D eigenvalue weighted by Crippen LogP contribution is -2.37. The van der Waals surface area contributed by atoms with Crippen LogP contribution in [0.25, 0.3) is 10.8 Å². The third-order valence-electron chi connectivity index (χ3n) is 5.09. The van der Waals surface area contributed by atoms with E-state index in [1.54, 1.807) is 31.2 Å². The third-order valence-corrected chi connectivity index (χ3v) is 6.89. The van der Waals surface area contributed by atoms with Gasteiger partial charge in [-0.3, -0.25) is 9.10 Å². The number of anilines is 1. The molecular formula is C22H21N3O3S. The number of nitrogens with one attached hydrogen (secondary N) is 1. The monoisotopic (exact) mass is 407 g/mol. The molecule has 1 aliphatic heterocycles. The fourth-order valence-electron chi connectivity index (χ4n) is 3.72. The first kappa shape index (κ1) is 19.1. The number of carbonyl (C=O) groups excluding carboxylic acids is 1. The molecule has 0 bridgehead atoms. The highest BCUT2D eigenvalue weighted by Gasteiger charge is 2.36. The Morgan fingerprint density at radius 3 is 2.52 bits per heavy atom. The second-order valence-corrected chi connectivity index (χ2v) is 9.02. The van der Waals surface area contributed by atoms with Gasteiger partial charge in [0.15, 0.2) is 0 Å². The van der Waals surface area contributed by atoms with Gasteiger partial charge in [0.1, 0.15) is 6.54 Å². The smallest absolute Gasteiger partial charge is 0.265 e. The highest BCUT2D eigenvalue weighted by molar-refractivity contribution is 7.93. The van der Waals surface area contributed by atoms with Crippen molar-refractivity contribution in [2.75, 3.05) is 10.8 Å². The zero-order valence-electron chi connectivity index (χ0n) is 16.4. The van der Waals surface area contributed by atoms with Crippen LogP contribution in [0, 0.1) is 13.8 Å². The van der Waals surface area contributed by atoms with Crippen LogP contribution in [0.1, 0.15) is 23.6 Å². The molecule has 4 rings (SSSR count). The van der Waals surface area contributed by atoms with Crippen LogP contribution in [0.2, 0.25) is 0 Å². The number of hydrazone groups is 1. The van der Waals surface area contributed by atoms with E-state index in [0.717, 1.165) is 26.4 Å². The van der Waals surface area contributed by atoms with Gasteiger partial charge in [0.05, 0.1) is 16.3 Å². The maximum absolute atomic E-state index is 12.9. The van der Waals surface area contributed by atoms with Crippen molar-refractivity contribution < 1.29 is 13.2 Å². The molecule has 0 spiro atoms. The highest BCUT2D eigenvalue weighted by atomic mass is 32.2. The Morgan fingerprint density at radius 1 is 1.07 bits per heavy atom. The van der Waals surface area contributed by atoms with E-state index in [2.05, 4.69) is 10.5 Å². The zero-order chi connectivity index (χ0) is 20.8. The van der Waals surface area contributed by atoms with Crippen molar-refractivity contribution in [2.45, 2.75) is 25.7 Å². The van der Waals surface area contributed by atoms with Gasteiger partial charge in [-0.15, -0.1) is 0 Å². The highest BCUT2D eigenvalue weighted by Crippen LogP contribution is 2.41. The Kier molecular flexibility index (Phi) is 4.62. The SMILES string of the molecule is C/C(=N/NC(=O)CN1c2cccc3cccc(c23)S1(=O)=O)c1ccc(C)cc1C. The van der Waals surface area contributed by atoms with Crippen LogP contribution in [0.4, 0.5) is 5.69 Å². The van der Waals surface area contributed by atoms with Gasteiger partial charge in [-0.25, -0.2) is 13.8 Å². The van der Waals surface area contributed by atoms with Gasteiger partial charge in [0.2, 0.25) is 0 Å². The summed E-state index contributed by atoms with van der Waals surface area (Å²) in [7, 11) is -3.77. The summed E-state index contributed by atoms with van der Waals surface area (Å²) in [4.78, 5) is 12.7. The number of hydrogen-bond acceptors (Lipinski definition) is 4. The first-order chi connectivity index (χ1) is 13.8. The maximum Gasteiger partial charge on any atom is 0.265 e. The van der Waals surface area contributed by atoms with Crippen molar-refractivity contribution in [3.05, 3.63) is 71.3 Å². The lowest BCUT2D eigenvalue weighted by atomic mass is 10.0.